The van der Waals surface area contributed by atoms with E-state index in [1.165, 1.54) is 11.4 Å². The maximum absolute atomic E-state index is 12.4. The maximum atomic E-state index is 12.4. The summed E-state index contributed by atoms with van der Waals surface area (Å²) < 4.78 is 23.3. The fraction of sp³-hybridized carbons (Fsp3) is 0.706. The molecule has 2 fully saturated rings. The Balaban J connectivity index is 1.39. The number of hydrogen-bond acceptors (Lipinski definition) is 5. The number of rotatable bonds is 4. The van der Waals surface area contributed by atoms with Crippen molar-refractivity contribution in [2.75, 3.05) is 18.1 Å². The number of allylic oxidation sites excluding steroid dienone is 2. The van der Waals surface area contributed by atoms with Crippen LogP contribution in [-0.2, 0) is 19.4 Å². The van der Waals surface area contributed by atoms with E-state index >= 15 is 0 Å². The van der Waals surface area contributed by atoms with Crippen molar-refractivity contribution in [3.8, 4) is 0 Å². The Morgan fingerprint density at radius 1 is 1.28 bits per heavy atom. The van der Waals surface area contributed by atoms with Gasteiger partial charge in [-0.15, -0.1) is 0 Å². The van der Waals surface area contributed by atoms with Crippen molar-refractivity contribution < 1.29 is 18.0 Å². The van der Waals surface area contributed by atoms with Gasteiger partial charge < -0.3 is 5.32 Å². The first kappa shape index (κ1) is 16.8. The van der Waals surface area contributed by atoms with Crippen LogP contribution in [-0.4, -0.2) is 55.0 Å². The Bertz CT molecular complexity index is 758. The molecule has 1 N–H and O–H groups in total. The second kappa shape index (κ2) is 6.23. The molecule has 1 saturated heterocycles. The molecule has 4 rings (SSSR count). The number of amides is 2. The number of hydrazone groups is 1. The van der Waals surface area contributed by atoms with E-state index < -0.39 is 15.9 Å². The van der Waals surface area contributed by atoms with Gasteiger partial charge in [0.05, 0.1) is 17.5 Å². The van der Waals surface area contributed by atoms with Gasteiger partial charge in [-0.05, 0) is 37.0 Å². The molecule has 0 unspecified atom stereocenters. The van der Waals surface area contributed by atoms with Gasteiger partial charge in [0.2, 0.25) is 5.91 Å². The van der Waals surface area contributed by atoms with E-state index in [0.29, 0.717) is 42.9 Å². The molecule has 25 heavy (non-hydrogen) atoms. The van der Waals surface area contributed by atoms with E-state index in [1.807, 2.05) is 0 Å². The van der Waals surface area contributed by atoms with Crippen LogP contribution in [0.5, 0.6) is 0 Å². The number of nitrogens with one attached hydrogen (secondary N) is 1. The third kappa shape index (κ3) is 3.36. The van der Waals surface area contributed by atoms with Gasteiger partial charge in [-0.1, -0.05) is 12.2 Å². The molecule has 2 bridgehead atoms. The predicted molar refractivity (Wildman–Crippen MR) is 92.4 cm³/mol. The summed E-state index contributed by atoms with van der Waals surface area (Å²) in [5.74, 6) is 1.31. The highest BCUT2D eigenvalue weighted by atomic mass is 32.2. The molecule has 4 aliphatic rings. The molecule has 7 nitrogen and oxygen atoms in total. The first-order valence-corrected chi connectivity index (χ1v) is 10.8. The van der Waals surface area contributed by atoms with Crippen molar-refractivity contribution in [3.05, 3.63) is 12.2 Å². The molecule has 0 aromatic heterocycles. The van der Waals surface area contributed by atoms with E-state index in [4.69, 9.17) is 0 Å². The van der Waals surface area contributed by atoms with Crippen LogP contribution in [0.15, 0.2) is 17.3 Å². The monoisotopic (exact) mass is 365 g/mol. The summed E-state index contributed by atoms with van der Waals surface area (Å²) in [7, 11) is -3.10. The molecule has 2 aliphatic carbocycles. The van der Waals surface area contributed by atoms with Crippen LogP contribution in [0.3, 0.4) is 0 Å². The van der Waals surface area contributed by atoms with Gasteiger partial charge in [-0.25, -0.2) is 13.4 Å². The summed E-state index contributed by atoms with van der Waals surface area (Å²) in [4.78, 5) is 24.5. The van der Waals surface area contributed by atoms with Gasteiger partial charge in [0.25, 0.3) is 5.91 Å². The van der Waals surface area contributed by atoms with E-state index in [-0.39, 0.29) is 29.7 Å². The lowest BCUT2D eigenvalue weighted by atomic mass is 9.93. The summed E-state index contributed by atoms with van der Waals surface area (Å²) in [6, 6.07) is -0.434. The van der Waals surface area contributed by atoms with Crippen LogP contribution in [0.25, 0.3) is 0 Å². The van der Waals surface area contributed by atoms with E-state index in [0.717, 1.165) is 6.42 Å². The molecule has 0 radical (unpaired) electrons. The summed E-state index contributed by atoms with van der Waals surface area (Å²) >= 11 is 0. The Morgan fingerprint density at radius 3 is 2.76 bits per heavy atom. The highest BCUT2D eigenvalue weighted by Gasteiger charge is 2.38. The average Bonchev–Trinajstić information content (AvgIpc) is 3.28. The number of fused-ring (bicyclic) bond motifs is 2. The lowest BCUT2D eigenvalue weighted by molar-refractivity contribution is -0.133. The third-order valence-corrected chi connectivity index (χ3v) is 7.57. The quantitative estimate of drug-likeness (QED) is 0.733. The number of carbonyl (C=O) groups is 2. The smallest absolute Gasteiger partial charge is 0.267 e. The van der Waals surface area contributed by atoms with Gasteiger partial charge in [0.1, 0.15) is 5.71 Å². The highest BCUT2D eigenvalue weighted by molar-refractivity contribution is 7.91. The number of carbonyl (C=O) groups excluding carboxylic acids is 2. The van der Waals surface area contributed by atoms with Gasteiger partial charge in [0.15, 0.2) is 9.84 Å². The fourth-order valence-electron chi connectivity index (χ4n) is 4.44. The second-order valence-corrected chi connectivity index (χ2v) is 9.82. The van der Waals surface area contributed by atoms with Crippen LogP contribution in [0, 0.1) is 17.8 Å². The molecular formula is C17H23N3O4S. The zero-order valence-corrected chi connectivity index (χ0v) is 14.9. The molecule has 0 aromatic rings. The van der Waals surface area contributed by atoms with Crippen molar-refractivity contribution >= 4 is 27.4 Å². The molecule has 4 atom stereocenters. The van der Waals surface area contributed by atoms with Crippen molar-refractivity contribution in [1.82, 2.24) is 10.3 Å². The average molecular weight is 365 g/mol. The topological polar surface area (TPSA) is 95.9 Å². The summed E-state index contributed by atoms with van der Waals surface area (Å²) in [5.41, 5.74) is 0.336. The Hall–Kier alpha value is -1.70. The molecule has 0 spiro atoms. The lowest BCUT2D eigenvalue weighted by Gasteiger charge is -2.28. The summed E-state index contributed by atoms with van der Waals surface area (Å²) in [6.07, 6.45) is 7.76. The molecular weight excluding hydrogens is 342 g/mol. The zero-order valence-electron chi connectivity index (χ0n) is 14.1. The van der Waals surface area contributed by atoms with E-state index in [2.05, 4.69) is 22.6 Å². The minimum atomic E-state index is -3.10. The molecule has 2 aliphatic heterocycles. The van der Waals surface area contributed by atoms with Crippen LogP contribution in [0.1, 0.15) is 32.1 Å². The second-order valence-electron chi connectivity index (χ2n) is 7.59. The zero-order chi connectivity index (χ0) is 17.6. The predicted octanol–water partition coefficient (Wildman–Crippen LogP) is 0.480. The largest absolute Gasteiger partial charge is 0.351 e. The minimum absolute atomic E-state index is 0.0609. The van der Waals surface area contributed by atoms with Gasteiger partial charge in [0, 0.05) is 19.4 Å². The third-order valence-electron chi connectivity index (χ3n) is 5.82. The Labute approximate surface area is 147 Å². The minimum Gasteiger partial charge on any atom is -0.351 e. The van der Waals surface area contributed by atoms with Crippen LogP contribution >= 0.6 is 0 Å². The normalized spacial score (nSPS) is 35.9. The Kier molecular flexibility index (Phi) is 4.17. The molecule has 2 heterocycles. The van der Waals surface area contributed by atoms with Gasteiger partial charge in [-0.2, -0.15) is 5.10 Å². The van der Waals surface area contributed by atoms with Crippen LogP contribution in [0.2, 0.25) is 0 Å². The van der Waals surface area contributed by atoms with E-state index in [1.54, 1.807) is 0 Å². The van der Waals surface area contributed by atoms with Gasteiger partial charge in [-0.3, -0.25) is 9.59 Å². The van der Waals surface area contributed by atoms with Crippen molar-refractivity contribution in [1.29, 1.82) is 0 Å². The molecule has 2 amide bonds. The number of hydrogen-bond donors (Lipinski definition) is 1. The van der Waals surface area contributed by atoms with Crippen molar-refractivity contribution in [2.24, 2.45) is 22.9 Å². The molecule has 136 valence electrons. The summed E-state index contributed by atoms with van der Waals surface area (Å²) in [6.45, 7) is 0.634. The first-order chi connectivity index (χ1) is 11.9. The first-order valence-electron chi connectivity index (χ1n) is 8.98. The molecule has 8 heteroatoms. The van der Waals surface area contributed by atoms with Crippen molar-refractivity contribution in [2.45, 2.75) is 38.1 Å². The number of nitrogens with zero attached hydrogens (tertiary/aromatic N) is 2. The lowest BCUT2D eigenvalue weighted by Crippen LogP contribution is -2.44. The molecule has 1 saturated carbocycles. The Morgan fingerprint density at radius 2 is 2.12 bits per heavy atom. The fourth-order valence-corrected chi connectivity index (χ4v) is 6.14. The SMILES string of the molecule is O=C(NC[C@@H]1C[C@H]2C=C[C@H]1C2)C1=NN([C@@H]2CCS(=O)(=O)C2)C(=O)CC1. The maximum Gasteiger partial charge on any atom is 0.267 e. The van der Waals surface area contributed by atoms with Gasteiger partial charge >= 0.3 is 0 Å². The van der Waals surface area contributed by atoms with Crippen molar-refractivity contribution in [3.63, 3.8) is 0 Å². The standard InChI is InChI=1S/C17H23N3O4S/c21-16-4-3-15(19-20(16)14-5-6-25(23,24)10-14)17(22)18-9-13-8-11-1-2-12(13)7-11/h1-2,11-14H,3-10H2,(H,18,22)/t11-,12-,13-,14+/m0/s1. The summed E-state index contributed by atoms with van der Waals surface area (Å²) in [5, 5.41) is 8.41. The number of sulfone groups is 1. The van der Waals surface area contributed by atoms with E-state index in [9.17, 15) is 18.0 Å². The van der Waals surface area contributed by atoms with Crippen LogP contribution in [0.4, 0.5) is 0 Å². The molecule has 0 aromatic carbocycles. The highest BCUT2D eigenvalue weighted by Crippen LogP contribution is 2.42. The van der Waals surface area contributed by atoms with Crippen LogP contribution < -0.4 is 5.32 Å².